The molecule has 1 aromatic rings. The summed E-state index contributed by atoms with van der Waals surface area (Å²) in [6.07, 6.45) is 2.79. The summed E-state index contributed by atoms with van der Waals surface area (Å²) in [5.41, 5.74) is 1.23. The molecule has 4 heteroatoms. The third-order valence-electron chi connectivity index (χ3n) is 3.55. The zero-order chi connectivity index (χ0) is 13.7. The summed E-state index contributed by atoms with van der Waals surface area (Å²) >= 11 is 3.50. The molecule has 0 aliphatic carbocycles. The summed E-state index contributed by atoms with van der Waals surface area (Å²) in [4.78, 5) is 16.3. The number of nitrogens with zero attached hydrogens (tertiary/aromatic N) is 2. The lowest BCUT2D eigenvalue weighted by Crippen LogP contribution is -2.48. The molecular formula is C15H21BrN2O. The van der Waals surface area contributed by atoms with Gasteiger partial charge < -0.3 is 9.80 Å². The van der Waals surface area contributed by atoms with Gasteiger partial charge in [0.05, 0.1) is 0 Å². The normalized spacial score (nSPS) is 15.7. The first-order valence-corrected chi connectivity index (χ1v) is 7.78. The third-order valence-corrected chi connectivity index (χ3v) is 4.04. The minimum absolute atomic E-state index is 0.316. The SMILES string of the molecule is CCCCC(=O)N1CCN(c2cccc(Br)c2)CC1. The molecule has 0 saturated carbocycles. The Morgan fingerprint density at radius 1 is 1.26 bits per heavy atom. The molecule has 0 N–H and O–H groups in total. The zero-order valence-electron chi connectivity index (χ0n) is 11.4. The highest BCUT2D eigenvalue weighted by atomic mass is 79.9. The van der Waals surface area contributed by atoms with Crippen LogP contribution < -0.4 is 4.90 Å². The molecule has 1 saturated heterocycles. The maximum Gasteiger partial charge on any atom is 0.222 e. The Morgan fingerprint density at radius 3 is 2.63 bits per heavy atom. The highest BCUT2D eigenvalue weighted by Crippen LogP contribution is 2.21. The van der Waals surface area contributed by atoms with Crippen LogP contribution in [0.5, 0.6) is 0 Å². The summed E-state index contributed by atoms with van der Waals surface area (Å²) in [5, 5.41) is 0. The molecule has 0 radical (unpaired) electrons. The van der Waals surface area contributed by atoms with Crippen molar-refractivity contribution in [3.05, 3.63) is 28.7 Å². The Morgan fingerprint density at radius 2 is 2.00 bits per heavy atom. The van der Waals surface area contributed by atoms with Crippen LogP contribution in [0.25, 0.3) is 0 Å². The molecule has 0 aromatic heterocycles. The molecule has 0 atom stereocenters. The number of benzene rings is 1. The molecule has 0 unspecified atom stereocenters. The van der Waals surface area contributed by atoms with Crippen molar-refractivity contribution in [2.45, 2.75) is 26.2 Å². The second-order valence-corrected chi connectivity index (χ2v) is 5.87. The fourth-order valence-electron chi connectivity index (χ4n) is 2.37. The minimum Gasteiger partial charge on any atom is -0.368 e. The van der Waals surface area contributed by atoms with Gasteiger partial charge in [-0.3, -0.25) is 4.79 Å². The van der Waals surface area contributed by atoms with Gasteiger partial charge in [0, 0.05) is 42.8 Å². The number of piperazine rings is 1. The number of halogens is 1. The van der Waals surface area contributed by atoms with Gasteiger partial charge in [-0.25, -0.2) is 0 Å². The molecular weight excluding hydrogens is 304 g/mol. The van der Waals surface area contributed by atoms with Crippen molar-refractivity contribution in [3.8, 4) is 0 Å². The third kappa shape index (κ3) is 3.96. The van der Waals surface area contributed by atoms with Crippen LogP contribution in [-0.4, -0.2) is 37.0 Å². The first-order valence-electron chi connectivity index (χ1n) is 6.99. The van der Waals surface area contributed by atoms with E-state index in [2.05, 4.69) is 46.0 Å². The fourth-order valence-corrected chi connectivity index (χ4v) is 2.76. The highest BCUT2D eigenvalue weighted by molar-refractivity contribution is 9.10. The number of unbranched alkanes of at least 4 members (excludes halogenated alkanes) is 1. The van der Waals surface area contributed by atoms with Gasteiger partial charge in [0.2, 0.25) is 5.91 Å². The molecule has 1 fully saturated rings. The van der Waals surface area contributed by atoms with Gasteiger partial charge >= 0.3 is 0 Å². The second kappa shape index (κ2) is 6.94. The summed E-state index contributed by atoms with van der Waals surface area (Å²) in [6.45, 7) is 5.66. The fraction of sp³-hybridized carbons (Fsp3) is 0.533. The monoisotopic (exact) mass is 324 g/mol. The molecule has 1 aliphatic heterocycles. The number of rotatable bonds is 4. The quantitative estimate of drug-likeness (QED) is 0.848. The lowest BCUT2D eigenvalue weighted by Gasteiger charge is -2.36. The zero-order valence-corrected chi connectivity index (χ0v) is 13.0. The van der Waals surface area contributed by atoms with Gasteiger partial charge in [0.1, 0.15) is 0 Å². The van der Waals surface area contributed by atoms with Crippen molar-refractivity contribution in [3.63, 3.8) is 0 Å². The number of hydrogen-bond acceptors (Lipinski definition) is 2. The summed E-state index contributed by atoms with van der Waals surface area (Å²) in [5.74, 6) is 0.316. The molecule has 104 valence electrons. The highest BCUT2D eigenvalue weighted by Gasteiger charge is 2.20. The van der Waals surface area contributed by atoms with Crippen LogP contribution in [0.2, 0.25) is 0 Å². The predicted octanol–water partition coefficient (Wildman–Crippen LogP) is 3.29. The van der Waals surface area contributed by atoms with Crippen molar-refractivity contribution in [1.29, 1.82) is 0 Å². The van der Waals surface area contributed by atoms with Crippen LogP contribution in [0.3, 0.4) is 0 Å². The van der Waals surface area contributed by atoms with Gasteiger partial charge in [0.15, 0.2) is 0 Å². The summed E-state index contributed by atoms with van der Waals surface area (Å²) in [6, 6.07) is 8.35. The smallest absolute Gasteiger partial charge is 0.222 e. The molecule has 3 nitrogen and oxygen atoms in total. The standard InChI is InChI=1S/C15H21BrN2O/c1-2-3-7-15(19)18-10-8-17(9-11-18)14-6-4-5-13(16)12-14/h4-6,12H,2-3,7-11H2,1H3. The van der Waals surface area contributed by atoms with E-state index in [0.29, 0.717) is 12.3 Å². The van der Waals surface area contributed by atoms with Crippen LogP contribution in [0.4, 0.5) is 5.69 Å². The van der Waals surface area contributed by atoms with Crippen molar-refractivity contribution < 1.29 is 4.79 Å². The second-order valence-electron chi connectivity index (χ2n) is 4.95. The first-order chi connectivity index (χ1) is 9.20. The van der Waals surface area contributed by atoms with E-state index >= 15 is 0 Å². The number of amides is 1. The predicted molar refractivity (Wildman–Crippen MR) is 82.5 cm³/mol. The molecule has 0 bridgehead atoms. The van der Waals surface area contributed by atoms with Crippen molar-refractivity contribution in [2.75, 3.05) is 31.1 Å². The Balaban J connectivity index is 1.87. The molecule has 1 aromatic carbocycles. The Bertz CT molecular complexity index is 428. The topological polar surface area (TPSA) is 23.6 Å². The molecule has 1 aliphatic rings. The van der Waals surface area contributed by atoms with Crippen LogP contribution in [0, 0.1) is 0 Å². The lowest BCUT2D eigenvalue weighted by atomic mass is 10.2. The minimum atomic E-state index is 0.316. The number of carbonyl (C=O) groups excluding carboxylic acids is 1. The van der Waals surface area contributed by atoms with Crippen molar-refractivity contribution in [1.82, 2.24) is 4.90 Å². The molecule has 1 amide bonds. The Hall–Kier alpha value is -1.03. The van der Waals surface area contributed by atoms with Crippen LogP contribution in [0.15, 0.2) is 28.7 Å². The summed E-state index contributed by atoms with van der Waals surface area (Å²) in [7, 11) is 0. The maximum absolute atomic E-state index is 12.0. The van der Waals surface area contributed by atoms with E-state index in [4.69, 9.17) is 0 Å². The van der Waals surface area contributed by atoms with Crippen LogP contribution >= 0.6 is 15.9 Å². The van der Waals surface area contributed by atoms with E-state index in [1.165, 1.54) is 5.69 Å². The van der Waals surface area contributed by atoms with Crippen LogP contribution in [0.1, 0.15) is 26.2 Å². The molecule has 2 rings (SSSR count). The van der Waals surface area contributed by atoms with E-state index in [1.807, 2.05) is 11.0 Å². The Kier molecular flexibility index (Phi) is 5.25. The van der Waals surface area contributed by atoms with Crippen molar-refractivity contribution in [2.24, 2.45) is 0 Å². The largest absolute Gasteiger partial charge is 0.368 e. The maximum atomic E-state index is 12.0. The van der Waals surface area contributed by atoms with Gasteiger partial charge in [-0.1, -0.05) is 35.3 Å². The van der Waals surface area contributed by atoms with E-state index in [-0.39, 0.29) is 0 Å². The van der Waals surface area contributed by atoms with E-state index in [0.717, 1.165) is 43.5 Å². The molecule has 1 heterocycles. The average Bonchev–Trinajstić information content (AvgIpc) is 2.45. The van der Waals surface area contributed by atoms with Gasteiger partial charge in [-0.05, 0) is 24.6 Å². The first kappa shape index (κ1) is 14.4. The number of carbonyl (C=O) groups is 1. The van der Waals surface area contributed by atoms with E-state index < -0.39 is 0 Å². The average molecular weight is 325 g/mol. The Labute approximate surface area is 123 Å². The molecule has 0 spiro atoms. The van der Waals surface area contributed by atoms with Gasteiger partial charge in [-0.2, -0.15) is 0 Å². The molecule has 19 heavy (non-hydrogen) atoms. The van der Waals surface area contributed by atoms with Crippen molar-refractivity contribution >= 4 is 27.5 Å². The summed E-state index contributed by atoms with van der Waals surface area (Å²) < 4.78 is 1.10. The lowest BCUT2D eigenvalue weighted by molar-refractivity contribution is -0.131. The number of hydrogen-bond donors (Lipinski definition) is 0. The van der Waals surface area contributed by atoms with Gasteiger partial charge in [0.25, 0.3) is 0 Å². The number of anilines is 1. The van der Waals surface area contributed by atoms with E-state index in [1.54, 1.807) is 0 Å². The van der Waals surface area contributed by atoms with Gasteiger partial charge in [-0.15, -0.1) is 0 Å². The van der Waals surface area contributed by atoms with E-state index in [9.17, 15) is 4.79 Å². The van der Waals surface area contributed by atoms with Crippen LogP contribution in [-0.2, 0) is 4.79 Å².